The van der Waals surface area contributed by atoms with E-state index >= 15 is 0 Å². The number of hydrogen-bond acceptors (Lipinski definition) is 3. The standard InChI is InChI=1S/C15H23NO3.C2H6/c1-16-15(17)13-18-11-7-2-3-8-12-19-14-9-5-4-6-10-14;1-2/h4-6,9-10H,2-3,7-8,11-13H2,1H3,(H,16,17);1-2H3. The summed E-state index contributed by atoms with van der Waals surface area (Å²) in [5.41, 5.74) is 0. The van der Waals surface area contributed by atoms with Crippen LogP contribution in [0.2, 0.25) is 0 Å². The maximum absolute atomic E-state index is 10.9. The lowest BCUT2D eigenvalue weighted by Crippen LogP contribution is -2.23. The predicted molar refractivity (Wildman–Crippen MR) is 86.6 cm³/mol. The van der Waals surface area contributed by atoms with Crippen molar-refractivity contribution in [3.63, 3.8) is 0 Å². The molecule has 0 aliphatic rings. The molecule has 1 aromatic rings. The molecule has 0 saturated carbocycles. The maximum atomic E-state index is 10.9. The molecule has 1 rings (SSSR count). The van der Waals surface area contributed by atoms with Crippen molar-refractivity contribution in [1.82, 2.24) is 5.32 Å². The average Bonchev–Trinajstić information content (AvgIpc) is 2.56. The Morgan fingerprint density at radius 3 is 2.24 bits per heavy atom. The molecular formula is C17H29NO3. The van der Waals surface area contributed by atoms with Crippen LogP contribution in [-0.4, -0.2) is 32.8 Å². The van der Waals surface area contributed by atoms with Gasteiger partial charge in [-0.3, -0.25) is 4.79 Å². The Kier molecular flexibility index (Phi) is 13.8. The molecule has 0 aliphatic carbocycles. The van der Waals surface area contributed by atoms with Crippen LogP contribution in [0.25, 0.3) is 0 Å². The molecule has 0 fully saturated rings. The molecule has 120 valence electrons. The van der Waals surface area contributed by atoms with Gasteiger partial charge in [0.2, 0.25) is 5.91 Å². The Balaban J connectivity index is 0.00000191. The van der Waals surface area contributed by atoms with Crippen LogP contribution < -0.4 is 10.1 Å². The van der Waals surface area contributed by atoms with Gasteiger partial charge in [-0.15, -0.1) is 0 Å². The second-order valence-electron chi connectivity index (χ2n) is 4.30. The smallest absolute Gasteiger partial charge is 0.245 e. The predicted octanol–water partition coefficient (Wildman–Crippen LogP) is 3.41. The van der Waals surface area contributed by atoms with E-state index in [1.807, 2.05) is 44.2 Å². The highest BCUT2D eigenvalue weighted by atomic mass is 16.5. The van der Waals surface area contributed by atoms with E-state index in [1.165, 1.54) is 0 Å². The van der Waals surface area contributed by atoms with Gasteiger partial charge in [0.1, 0.15) is 12.4 Å². The normalized spacial score (nSPS) is 9.48. The van der Waals surface area contributed by atoms with Crippen LogP contribution in [0, 0.1) is 0 Å². The number of nitrogens with one attached hydrogen (secondary N) is 1. The lowest BCUT2D eigenvalue weighted by atomic mass is 10.2. The van der Waals surface area contributed by atoms with Crippen molar-refractivity contribution in [2.75, 3.05) is 26.9 Å². The van der Waals surface area contributed by atoms with E-state index in [-0.39, 0.29) is 12.5 Å². The molecule has 0 spiro atoms. The molecule has 1 amide bonds. The van der Waals surface area contributed by atoms with Crippen molar-refractivity contribution in [2.24, 2.45) is 0 Å². The molecule has 1 N–H and O–H groups in total. The fraction of sp³-hybridized carbons (Fsp3) is 0.588. The van der Waals surface area contributed by atoms with E-state index in [9.17, 15) is 4.79 Å². The van der Waals surface area contributed by atoms with Crippen LogP contribution in [0.3, 0.4) is 0 Å². The van der Waals surface area contributed by atoms with Crippen molar-refractivity contribution in [2.45, 2.75) is 39.5 Å². The van der Waals surface area contributed by atoms with Gasteiger partial charge in [0.15, 0.2) is 0 Å². The molecule has 0 saturated heterocycles. The summed E-state index contributed by atoms with van der Waals surface area (Å²) < 4.78 is 10.8. The van der Waals surface area contributed by atoms with Crippen LogP contribution in [0.15, 0.2) is 30.3 Å². The van der Waals surface area contributed by atoms with Crippen molar-refractivity contribution >= 4 is 5.91 Å². The topological polar surface area (TPSA) is 47.6 Å². The Labute approximate surface area is 128 Å². The number of carbonyl (C=O) groups is 1. The summed E-state index contributed by atoms with van der Waals surface area (Å²) in [4.78, 5) is 10.9. The number of hydrogen-bond donors (Lipinski definition) is 1. The number of rotatable bonds is 10. The lowest BCUT2D eigenvalue weighted by molar-refractivity contribution is -0.125. The molecule has 0 atom stereocenters. The monoisotopic (exact) mass is 295 g/mol. The molecule has 0 bridgehead atoms. The largest absolute Gasteiger partial charge is 0.494 e. The summed E-state index contributed by atoms with van der Waals surface area (Å²) in [6.07, 6.45) is 4.26. The van der Waals surface area contributed by atoms with Gasteiger partial charge in [0.25, 0.3) is 0 Å². The van der Waals surface area contributed by atoms with Crippen molar-refractivity contribution in [3.05, 3.63) is 30.3 Å². The van der Waals surface area contributed by atoms with Crippen LogP contribution in [-0.2, 0) is 9.53 Å². The first-order valence-electron chi connectivity index (χ1n) is 7.79. The maximum Gasteiger partial charge on any atom is 0.245 e. The number of amides is 1. The van der Waals surface area contributed by atoms with Gasteiger partial charge < -0.3 is 14.8 Å². The summed E-state index contributed by atoms with van der Waals surface area (Å²) in [6, 6.07) is 9.85. The van der Waals surface area contributed by atoms with Gasteiger partial charge in [-0.25, -0.2) is 0 Å². The molecule has 0 unspecified atom stereocenters. The number of carbonyl (C=O) groups excluding carboxylic acids is 1. The number of unbranched alkanes of at least 4 members (excludes halogenated alkanes) is 3. The van der Waals surface area contributed by atoms with Crippen molar-refractivity contribution in [1.29, 1.82) is 0 Å². The Hall–Kier alpha value is -1.55. The number of para-hydroxylation sites is 1. The van der Waals surface area contributed by atoms with Gasteiger partial charge in [0, 0.05) is 13.7 Å². The highest BCUT2D eigenvalue weighted by Gasteiger charge is 1.97. The van der Waals surface area contributed by atoms with E-state index in [4.69, 9.17) is 9.47 Å². The Morgan fingerprint density at radius 1 is 1.00 bits per heavy atom. The molecule has 4 heteroatoms. The van der Waals surface area contributed by atoms with E-state index in [2.05, 4.69) is 5.32 Å². The molecule has 0 aromatic heterocycles. The summed E-state index contributed by atoms with van der Waals surface area (Å²) in [5, 5.41) is 2.52. The third-order valence-electron chi connectivity index (χ3n) is 2.71. The van der Waals surface area contributed by atoms with E-state index in [0.29, 0.717) is 6.61 Å². The van der Waals surface area contributed by atoms with Gasteiger partial charge in [0.05, 0.1) is 6.61 Å². The van der Waals surface area contributed by atoms with Crippen LogP contribution >= 0.6 is 0 Å². The third kappa shape index (κ3) is 11.9. The van der Waals surface area contributed by atoms with Crippen molar-refractivity contribution in [3.8, 4) is 5.75 Å². The molecule has 1 aromatic carbocycles. The number of likely N-dealkylation sites (N-methyl/N-ethyl adjacent to an activating group) is 1. The minimum atomic E-state index is -0.0729. The van der Waals surface area contributed by atoms with Crippen LogP contribution in [0.4, 0.5) is 0 Å². The second kappa shape index (κ2) is 14.9. The average molecular weight is 295 g/mol. The van der Waals surface area contributed by atoms with E-state index in [0.717, 1.165) is 38.0 Å². The lowest BCUT2D eigenvalue weighted by Gasteiger charge is -2.06. The Morgan fingerprint density at radius 2 is 1.62 bits per heavy atom. The quantitative estimate of drug-likeness (QED) is 0.673. The highest BCUT2D eigenvalue weighted by molar-refractivity contribution is 5.76. The van der Waals surface area contributed by atoms with Gasteiger partial charge in [-0.05, 0) is 31.4 Å². The SMILES string of the molecule is CC.CNC(=O)COCCCCCCOc1ccccc1. The van der Waals surface area contributed by atoms with E-state index in [1.54, 1.807) is 7.05 Å². The molecule has 0 radical (unpaired) electrons. The first-order valence-corrected chi connectivity index (χ1v) is 7.79. The number of ether oxygens (including phenoxy) is 2. The molecular weight excluding hydrogens is 266 g/mol. The third-order valence-corrected chi connectivity index (χ3v) is 2.71. The zero-order valence-corrected chi connectivity index (χ0v) is 13.6. The zero-order valence-electron chi connectivity index (χ0n) is 13.6. The minimum Gasteiger partial charge on any atom is -0.494 e. The Bertz CT molecular complexity index is 341. The van der Waals surface area contributed by atoms with Gasteiger partial charge in [-0.2, -0.15) is 0 Å². The molecule has 0 heterocycles. The van der Waals surface area contributed by atoms with Gasteiger partial charge in [-0.1, -0.05) is 38.5 Å². The molecule has 0 aliphatic heterocycles. The fourth-order valence-corrected chi connectivity index (χ4v) is 1.60. The zero-order chi connectivity index (χ0) is 15.8. The fourth-order valence-electron chi connectivity index (χ4n) is 1.60. The summed E-state index contributed by atoms with van der Waals surface area (Å²) in [7, 11) is 1.61. The van der Waals surface area contributed by atoms with Crippen molar-refractivity contribution < 1.29 is 14.3 Å². The van der Waals surface area contributed by atoms with E-state index < -0.39 is 0 Å². The summed E-state index contributed by atoms with van der Waals surface area (Å²) in [6.45, 7) is 5.56. The van der Waals surface area contributed by atoms with Crippen LogP contribution in [0.5, 0.6) is 5.75 Å². The second-order valence-corrected chi connectivity index (χ2v) is 4.30. The van der Waals surface area contributed by atoms with Gasteiger partial charge >= 0.3 is 0 Å². The first-order chi connectivity index (χ1) is 10.3. The highest BCUT2D eigenvalue weighted by Crippen LogP contribution is 2.09. The number of benzene rings is 1. The summed E-state index contributed by atoms with van der Waals surface area (Å²) in [5.74, 6) is 0.854. The van der Waals surface area contributed by atoms with Crippen LogP contribution in [0.1, 0.15) is 39.5 Å². The summed E-state index contributed by atoms with van der Waals surface area (Å²) >= 11 is 0. The molecule has 21 heavy (non-hydrogen) atoms. The minimum absolute atomic E-state index is 0.0729. The first kappa shape index (κ1) is 19.4. The molecule has 4 nitrogen and oxygen atoms in total.